The average Bonchev–Trinajstić information content (AvgIpc) is 3.36. The fourth-order valence-electron chi connectivity index (χ4n) is 5.22. The number of thiophene rings is 1. The van der Waals surface area contributed by atoms with Crippen molar-refractivity contribution in [3.05, 3.63) is 64.5 Å². The Labute approximate surface area is 260 Å². The second-order valence-corrected chi connectivity index (χ2v) is 13.7. The standard InChI is InChI=1S/C33H35N5O3S2/c1-33(2,3)22-10-15-25-26(19-34)31(43-27(25)18-22)35-28(39)16-17-42-32-36-29(20-6-11-23(40-4)12-7-20)30(37-38-32)21-8-13-24(41-5)14-9-21/h6-9,11-14,22H,10,15-18H2,1-5H3,(H,35,39). The van der Waals surface area contributed by atoms with Crippen LogP contribution in [0, 0.1) is 22.7 Å². The number of benzene rings is 2. The van der Waals surface area contributed by atoms with Crippen LogP contribution in [0.25, 0.3) is 22.5 Å². The van der Waals surface area contributed by atoms with Crippen LogP contribution in [0.2, 0.25) is 0 Å². The molecule has 1 N–H and O–H groups in total. The lowest BCUT2D eigenvalue weighted by atomic mass is 9.72. The summed E-state index contributed by atoms with van der Waals surface area (Å²) in [6, 6.07) is 17.6. The average molecular weight is 614 g/mol. The molecule has 4 aromatic rings. The highest BCUT2D eigenvalue weighted by Crippen LogP contribution is 2.44. The highest BCUT2D eigenvalue weighted by molar-refractivity contribution is 7.99. The number of aromatic nitrogens is 3. The van der Waals surface area contributed by atoms with E-state index in [4.69, 9.17) is 14.5 Å². The first-order valence-corrected chi connectivity index (χ1v) is 16.0. The first kappa shape index (κ1) is 30.5. The number of rotatable bonds is 9. The van der Waals surface area contributed by atoms with E-state index in [1.165, 1.54) is 16.6 Å². The fourth-order valence-corrected chi connectivity index (χ4v) is 7.24. The van der Waals surface area contributed by atoms with E-state index in [1.54, 1.807) is 25.6 Å². The van der Waals surface area contributed by atoms with Gasteiger partial charge in [0.2, 0.25) is 11.1 Å². The molecule has 0 saturated carbocycles. The zero-order chi connectivity index (χ0) is 30.6. The summed E-state index contributed by atoms with van der Waals surface area (Å²) in [5.74, 6) is 2.40. The van der Waals surface area contributed by atoms with Crippen LogP contribution in [0.15, 0.2) is 53.7 Å². The van der Waals surface area contributed by atoms with Gasteiger partial charge >= 0.3 is 0 Å². The third-order valence-electron chi connectivity index (χ3n) is 7.81. The lowest BCUT2D eigenvalue weighted by molar-refractivity contribution is -0.115. The van der Waals surface area contributed by atoms with Gasteiger partial charge in [0.15, 0.2) is 0 Å². The van der Waals surface area contributed by atoms with Crippen LogP contribution in [0.4, 0.5) is 5.00 Å². The Bertz CT molecular complexity index is 1640. The van der Waals surface area contributed by atoms with Crippen LogP contribution in [-0.2, 0) is 17.6 Å². The minimum absolute atomic E-state index is 0.131. The summed E-state index contributed by atoms with van der Waals surface area (Å²) in [5.41, 5.74) is 5.02. The molecule has 1 unspecified atom stereocenters. The van der Waals surface area contributed by atoms with Crippen molar-refractivity contribution >= 4 is 34.0 Å². The molecule has 2 heterocycles. The number of nitrogens with zero attached hydrogens (tertiary/aromatic N) is 4. The molecular formula is C33H35N5O3S2. The summed E-state index contributed by atoms with van der Waals surface area (Å²) >= 11 is 2.93. The number of ether oxygens (including phenoxy) is 2. The monoisotopic (exact) mass is 613 g/mol. The van der Waals surface area contributed by atoms with Crippen LogP contribution < -0.4 is 14.8 Å². The molecule has 1 amide bonds. The van der Waals surface area contributed by atoms with Gasteiger partial charge in [0.05, 0.1) is 19.8 Å². The number of carbonyl (C=O) groups excluding carboxylic acids is 1. The van der Waals surface area contributed by atoms with Crippen LogP contribution >= 0.6 is 23.1 Å². The van der Waals surface area contributed by atoms with E-state index < -0.39 is 0 Å². The quantitative estimate of drug-likeness (QED) is 0.194. The molecule has 0 aliphatic heterocycles. The van der Waals surface area contributed by atoms with Gasteiger partial charge in [-0.1, -0.05) is 32.5 Å². The smallest absolute Gasteiger partial charge is 0.225 e. The van der Waals surface area contributed by atoms with Gasteiger partial charge in [-0.3, -0.25) is 4.79 Å². The summed E-state index contributed by atoms with van der Waals surface area (Å²) in [6.07, 6.45) is 3.16. The van der Waals surface area contributed by atoms with E-state index in [-0.39, 0.29) is 17.7 Å². The Morgan fingerprint density at radius 3 is 2.23 bits per heavy atom. The van der Waals surface area contributed by atoms with E-state index in [2.05, 4.69) is 42.4 Å². The predicted molar refractivity (Wildman–Crippen MR) is 172 cm³/mol. The minimum atomic E-state index is -0.131. The Morgan fingerprint density at radius 1 is 1.02 bits per heavy atom. The molecule has 0 saturated heterocycles. The van der Waals surface area contributed by atoms with Crippen LogP contribution in [-0.4, -0.2) is 41.1 Å². The molecule has 10 heteroatoms. The molecule has 0 fully saturated rings. The van der Waals surface area contributed by atoms with Gasteiger partial charge < -0.3 is 14.8 Å². The molecule has 222 valence electrons. The normalized spacial score (nSPS) is 14.5. The third-order valence-corrected chi connectivity index (χ3v) is 9.82. The maximum atomic E-state index is 12.9. The Kier molecular flexibility index (Phi) is 9.33. The van der Waals surface area contributed by atoms with Gasteiger partial charge in [-0.2, -0.15) is 5.26 Å². The van der Waals surface area contributed by atoms with Crippen molar-refractivity contribution < 1.29 is 14.3 Å². The predicted octanol–water partition coefficient (Wildman–Crippen LogP) is 7.43. The number of nitrogens with one attached hydrogen (secondary N) is 1. The number of anilines is 1. The SMILES string of the molecule is COc1ccc(-c2nnc(SCCC(=O)Nc3sc4c(c3C#N)CCC(C(C)(C)C)C4)nc2-c2ccc(OC)cc2)cc1. The number of methoxy groups -OCH3 is 2. The molecule has 0 radical (unpaired) electrons. The van der Waals surface area contributed by atoms with Gasteiger partial charge in [0.25, 0.3) is 0 Å². The number of nitriles is 1. The molecule has 1 atom stereocenters. The Hall–Kier alpha value is -3.94. The molecule has 0 spiro atoms. The van der Waals surface area contributed by atoms with Gasteiger partial charge in [0, 0.05) is 28.2 Å². The lowest BCUT2D eigenvalue weighted by Crippen LogP contribution is -2.26. The summed E-state index contributed by atoms with van der Waals surface area (Å²) in [7, 11) is 3.26. The zero-order valence-electron chi connectivity index (χ0n) is 25.1. The lowest BCUT2D eigenvalue weighted by Gasteiger charge is -2.33. The number of carbonyl (C=O) groups is 1. The summed E-state index contributed by atoms with van der Waals surface area (Å²) in [4.78, 5) is 19.0. The molecule has 8 nitrogen and oxygen atoms in total. The highest BCUT2D eigenvalue weighted by atomic mass is 32.2. The topological polar surface area (TPSA) is 110 Å². The van der Waals surface area contributed by atoms with Crippen molar-refractivity contribution in [1.82, 2.24) is 15.2 Å². The van der Waals surface area contributed by atoms with Gasteiger partial charge in [-0.05, 0) is 84.7 Å². The number of hydrogen-bond donors (Lipinski definition) is 1. The van der Waals surface area contributed by atoms with Crippen LogP contribution in [0.5, 0.6) is 11.5 Å². The van der Waals surface area contributed by atoms with Crippen LogP contribution in [0.1, 0.15) is 49.6 Å². The number of amides is 1. The van der Waals surface area contributed by atoms with Crippen LogP contribution in [0.3, 0.4) is 0 Å². The van der Waals surface area contributed by atoms with E-state index in [1.807, 2.05) is 48.5 Å². The fraction of sp³-hybridized carbons (Fsp3) is 0.364. The first-order valence-electron chi connectivity index (χ1n) is 14.2. The zero-order valence-corrected chi connectivity index (χ0v) is 26.7. The third kappa shape index (κ3) is 7.00. The Morgan fingerprint density at radius 2 is 1.65 bits per heavy atom. The molecule has 5 rings (SSSR count). The minimum Gasteiger partial charge on any atom is -0.497 e. The van der Waals surface area contributed by atoms with Crippen molar-refractivity contribution in [3.63, 3.8) is 0 Å². The second-order valence-electron chi connectivity index (χ2n) is 11.5. The van der Waals surface area contributed by atoms with Gasteiger partial charge in [-0.15, -0.1) is 21.5 Å². The number of fused-ring (bicyclic) bond motifs is 1. The van der Waals surface area contributed by atoms with Gasteiger partial charge in [-0.25, -0.2) is 4.98 Å². The highest BCUT2D eigenvalue weighted by Gasteiger charge is 2.32. The summed E-state index contributed by atoms with van der Waals surface area (Å²) in [5, 5.41) is 22.9. The molecule has 1 aliphatic carbocycles. The Balaban J connectivity index is 1.29. The molecule has 0 bridgehead atoms. The van der Waals surface area contributed by atoms with Crippen molar-refractivity contribution in [2.24, 2.45) is 11.3 Å². The molecule has 2 aromatic carbocycles. The molecule has 1 aliphatic rings. The summed E-state index contributed by atoms with van der Waals surface area (Å²) < 4.78 is 10.6. The molecular weight excluding hydrogens is 579 g/mol. The maximum Gasteiger partial charge on any atom is 0.225 e. The van der Waals surface area contributed by atoms with Crippen molar-refractivity contribution in [3.8, 4) is 40.1 Å². The number of thioether (sulfide) groups is 1. The van der Waals surface area contributed by atoms with E-state index in [9.17, 15) is 10.1 Å². The van der Waals surface area contributed by atoms with Gasteiger partial charge in [0.1, 0.15) is 34.0 Å². The number of hydrogen-bond acceptors (Lipinski definition) is 9. The van der Waals surface area contributed by atoms with Crippen molar-refractivity contribution in [2.45, 2.75) is 51.6 Å². The molecule has 2 aromatic heterocycles. The maximum absolute atomic E-state index is 12.9. The van der Waals surface area contributed by atoms with E-state index in [0.29, 0.717) is 38.8 Å². The first-order chi connectivity index (χ1) is 20.7. The largest absolute Gasteiger partial charge is 0.497 e. The summed E-state index contributed by atoms with van der Waals surface area (Å²) in [6.45, 7) is 6.81. The van der Waals surface area contributed by atoms with Crippen molar-refractivity contribution in [1.29, 1.82) is 5.26 Å². The molecule has 43 heavy (non-hydrogen) atoms. The van der Waals surface area contributed by atoms with E-state index in [0.717, 1.165) is 47.5 Å². The van der Waals surface area contributed by atoms with Crippen molar-refractivity contribution in [2.75, 3.05) is 25.3 Å². The van der Waals surface area contributed by atoms with E-state index >= 15 is 0 Å². The second kappa shape index (κ2) is 13.1.